The van der Waals surface area contributed by atoms with Crippen molar-refractivity contribution in [2.45, 2.75) is 38.3 Å². The minimum Gasteiger partial charge on any atom is -0.378 e. The van der Waals surface area contributed by atoms with E-state index in [1.165, 1.54) is 4.88 Å². The smallest absolute Gasteiger partial charge is 0.0617 e. The molecule has 0 spiro atoms. The zero-order valence-corrected chi connectivity index (χ0v) is 10.5. The summed E-state index contributed by atoms with van der Waals surface area (Å²) in [5, 5.41) is 2.12. The van der Waals surface area contributed by atoms with Crippen LogP contribution in [-0.2, 0) is 11.2 Å². The van der Waals surface area contributed by atoms with Crippen LogP contribution in [0, 0.1) is 5.92 Å². The third kappa shape index (κ3) is 2.63. The van der Waals surface area contributed by atoms with Gasteiger partial charge in [0.25, 0.3) is 0 Å². The summed E-state index contributed by atoms with van der Waals surface area (Å²) in [6, 6.07) is 4.60. The van der Waals surface area contributed by atoms with E-state index in [9.17, 15) is 0 Å². The predicted octanol–water partition coefficient (Wildman–Crippen LogP) is 1.94. The Bertz CT molecular complexity index is 302. The van der Waals surface area contributed by atoms with Crippen LogP contribution in [0.4, 0.5) is 0 Å². The van der Waals surface area contributed by atoms with Crippen LogP contribution in [0.15, 0.2) is 17.5 Å². The lowest BCUT2D eigenvalue weighted by atomic mass is 9.89. The summed E-state index contributed by atoms with van der Waals surface area (Å²) in [6.07, 6.45) is 3.59. The molecule has 3 unspecified atom stereocenters. The van der Waals surface area contributed by atoms with Crippen molar-refractivity contribution in [2.75, 3.05) is 6.61 Å². The Morgan fingerprint density at radius 3 is 3.19 bits per heavy atom. The van der Waals surface area contributed by atoms with Crippen LogP contribution >= 0.6 is 11.3 Å². The number of thiophene rings is 1. The van der Waals surface area contributed by atoms with Gasteiger partial charge in [0.2, 0.25) is 0 Å². The van der Waals surface area contributed by atoms with Gasteiger partial charge in [-0.1, -0.05) is 13.0 Å². The fourth-order valence-electron chi connectivity index (χ4n) is 2.53. The molecular formula is C12H20N2OS. The summed E-state index contributed by atoms with van der Waals surface area (Å²) in [6.45, 7) is 3.06. The van der Waals surface area contributed by atoms with E-state index in [2.05, 4.69) is 29.9 Å². The van der Waals surface area contributed by atoms with Gasteiger partial charge in [-0.25, -0.2) is 0 Å². The third-order valence-corrected chi connectivity index (χ3v) is 4.29. The van der Waals surface area contributed by atoms with E-state index in [4.69, 9.17) is 10.6 Å². The van der Waals surface area contributed by atoms with E-state index in [0.717, 1.165) is 25.9 Å². The predicted molar refractivity (Wildman–Crippen MR) is 67.3 cm³/mol. The molecule has 0 radical (unpaired) electrons. The van der Waals surface area contributed by atoms with Crippen LogP contribution in [-0.4, -0.2) is 18.8 Å². The zero-order chi connectivity index (χ0) is 11.4. The quantitative estimate of drug-likeness (QED) is 0.611. The number of ether oxygens (including phenoxy) is 1. The first-order valence-corrected chi connectivity index (χ1v) is 6.83. The van der Waals surface area contributed by atoms with Gasteiger partial charge >= 0.3 is 0 Å². The second-order valence-electron chi connectivity index (χ2n) is 4.33. The minimum atomic E-state index is 0.339. The third-order valence-electron chi connectivity index (χ3n) is 3.40. The number of nitrogens with two attached hydrogens (primary N) is 1. The molecule has 0 amide bonds. The molecule has 16 heavy (non-hydrogen) atoms. The van der Waals surface area contributed by atoms with Crippen molar-refractivity contribution in [2.24, 2.45) is 11.8 Å². The number of hydrazine groups is 1. The minimum absolute atomic E-state index is 0.339. The average molecular weight is 240 g/mol. The number of hydrogen-bond donors (Lipinski definition) is 2. The highest BCUT2D eigenvalue weighted by molar-refractivity contribution is 7.09. The first kappa shape index (κ1) is 12.0. The van der Waals surface area contributed by atoms with Crippen molar-refractivity contribution in [1.82, 2.24) is 5.43 Å². The molecule has 1 aromatic heterocycles. The highest BCUT2D eigenvalue weighted by Crippen LogP contribution is 2.28. The molecule has 0 aliphatic carbocycles. The lowest BCUT2D eigenvalue weighted by Crippen LogP contribution is -2.45. The molecule has 90 valence electrons. The van der Waals surface area contributed by atoms with Gasteiger partial charge in [-0.2, -0.15) is 0 Å². The Labute approximate surface area is 101 Å². The molecule has 3 N–H and O–H groups in total. The summed E-state index contributed by atoms with van der Waals surface area (Å²) in [7, 11) is 0. The number of hydrogen-bond acceptors (Lipinski definition) is 4. The fourth-order valence-corrected chi connectivity index (χ4v) is 3.29. The highest BCUT2D eigenvalue weighted by atomic mass is 32.1. The Morgan fingerprint density at radius 2 is 2.56 bits per heavy atom. The summed E-state index contributed by atoms with van der Waals surface area (Å²) in [5.41, 5.74) is 2.97. The summed E-state index contributed by atoms with van der Waals surface area (Å²) in [4.78, 5) is 1.39. The maximum Gasteiger partial charge on any atom is 0.0617 e. The maximum absolute atomic E-state index is 5.72. The van der Waals surface area contributed by atoms with E-state index in [1.807, 2.05) is 0 Å². The van der Waals surface area contributed by atoms with Crippen LogP contribution in [0.5, 0.6) is 0 Å². The molecular weight excluding hydrogens is 220 g/mol. The fraction of sp³-hybridized carbons (Fsp3) is 0.667. The Morgan fingerprint density at radius 1 is 1.69 bits per heavy atom. The summed E-state index contributed by atoms with van der Waals surface area (Å²) in [5.74, 6) is 6.24. The van der Waals surface area contributed by atoms with Crippen molar-refractivity contribution in [3.8, 4) is 0 Å². The summed E-state index contributed by atoms with van der Waals surface area (Å²) < 4.78 is 5.72. The molecule has 0 aromatic carbocycles. The van der Waals surface area contributed by atoms with Crippen molar-refractivity contribution in [3.63, 3.8) is 0 Å². The van der Waals surface area contributed by atoms with Crippen LogP contribution in [0.25, 0.3) is 0 Å². The first-order chi connectivity index (χ1) is 7.85. The maximum atomic E-state index is 5.72. The molecule has 2 rings (SSSR count). The van der Waals surface area contributed by atoms with Crippen molar-refractivity contribution < 1.29 is 4.74 Å². The molecule has 3 nitrogen and oxygen atoms in total. The average Bonchev–Trinajstić information content (AvgIpc) is 2.96. The second kappa shape index (κ2) is 5.77. The van der Waals surface area contributed by atoms with Crippen molar-refractivity contribution in [3.05, 3.63) is 22.4 Å². The molecule has 0 saturated carbocycles. The monoisotopic (exact) mass is 240 g/mol. The topological polar surface area (TPSA) is 47.3 Å². The van der Waals surface area contributed by atoms with Crippen molar-refractivity contribution >= 4 is 11.3 Å². The summed E-state index contributed by atoms with van der Waals surface area (Å²) >= 11 is 1.80. The standard InChI is InChI=1S/C12H20N2OS/c1-2-12-10(5-6-15-12)11(14-13)8-9-4-3-7-16-9/h3-4,7,10-12,14H,2,5-6,8,13H2,1H3. The molecule has 1 saturated heterocycles. The molecule has 0 bridgehead atoms. The van der Waals surface area contributed by atoms with Crippen LogP contribution in [0.3, 0.4) is 0 Å². The lowest BCUT2D eigenvalue weighted by Gasteiger charge is -2.26. The van der Waals surface area contributed by atoms with E-state index >= 15 is 0 Å². The first-order valence-electron chi connectivity index (χ1n) is 5.95. The normalized spacial score (nSPS) is 27.1. The molecule has 4 heteroatoms. The van der Waals surface area contributed by atoms with Gasteiger partial charge in [-0.05, 0) is 30.7 Å². The van der Waals surface area contributed by atoms with Gasteiger partial charge in [0.15, 0.2) is 0 Å². The van der Waals surface area contributed by atoms with E-state index < -0.39 is 0 Å². The number of nitrogens with one attached hydrogen (secondary N) is 1. The SMILES string of the molecule is CCC1OCCC1C(Cc1cccs1)NN. The Hall–Kier alpha value is -0.420. The van der Waals surface area contributed by atoms with Gasteiger partial charge < -0.3 is 4.74 Å². The Kier molecular flexibility index (Phi) is 4.35. The molecule has 1 aliphatic heterocycles. The Balaban J connectivity index is 1.98. The van der Waals surface area contributed by atoms with E-state index in [-0.39, 0.29) is 0 Å². The molecule has 3 atom stereocenters. The van der Waals surface area contributed by atoms with Gasteiger partial charge in [0.05, 0.1) is 6.10 Å². The second-order valence-corrected chi connectivity index (χ2v) is 5.36. The van der Waals surface area contributed by atoms with Crippen LogP contribution < -0.4 is 11.3 Å². The van der Waals surface area contributed by atoms with Crippen molar-refractivity contribution in [1.29, 1.82) is 0 Å². The molecule has 1 aromatic rings. The van der Waals surface area contributed by atoms with Gasteiger partial charge in [-0.15, -0.1) is 11.3 Å². The van der Waals surface area contributed by atoms with E-state index in [0.29, 0.717) is 18.1 Å². The van der Waals surface area contributed by atoms with Crippen LogP contribution in [0.2, 0.25) is 0 Å². The zero-order valence-electron chi connectivity index (χ0n) is 9.69. The van der Waals surface area contributed by atoms with E-state index in [1.54, 1.807) is 11.3 Å². The molecule has 1 aliphatic rings. The molecule has 1 fully saturated rings. The largest absolute Gasteiger partial charge is 0.378 e. The van der Waals surface area contributed by atoms with Crippen LogP contribution in [0.1, 0.15) is 24.6 Å². The number of rotatable bonds is 5. The highest BCUT2D eigenvalue weighted by Gasteiger charge is 2.33. The van der Waals surface area contributed by atoms with Gasteiger partial charge in [0, 0.05) is 23.4 Å². The van der Waals surface area contributed by atoms with Gasteiger partial charge in [-0.3, -0.25) is 11.3 Å². The lowest BCUT2D eigenvalue weighted by molar-refractivity contribution is 0.0775. The molecule has 2 heterocycles. The van der Waals surface area contributed by atoms with Gasteiger partial charge in [0.1, 0.15) is 0 Å².